The Bertz CT molecular complexity index is 227. The van der Waals surface area contributed by atoms with Crippen LogP contribution in [0.15, 0.2) is 0 Å². The summed E-state index contributed by atoms with van der Waals surface area (Å²) in [6.07, 6.45) is 2.00. The van der Waals surface area contributed by atoms with Gasteiger partial charge in [0.25, 0.3) is 0 Å². The first-order chi connectivity index (χ1) is 6.54. The van der Waals surface area contributed by atoms with Crippen molar-refractivity contribution in [1.82, 2.24) is 4.90 Å². The van der Waals surface area contributed by atoms with Crippen molar-refractivity contribution < 1.29 is 13.5 Å². The second kappa shape index (κ2) is 4.56. The van der Waals surface area contributed by atoms with Crippen LogP contribution >= 0.6 is 0 Å². The zero-order valence-corrected chi connectivity index (χ0v) is 8.28. The number of ether oxygens (including phenoxy) is 1. The second-order valence-corrected chi connectivity index (χ2v) is 3.82. The Labute approximate surface area is 82.2 Å². The van der Waals surface area contributed by atoms with Gasteiger partial charge in [0.1, 0.15) is 0 Å². The predicted molar refractivity (Wildman–Crippen MR) is 46.4 cm³/mol. The quantitative estimate of drug-likeness (QED) is 0.658. The summed E-state index contributed by atoms with van der Waals surface area (Å²) in [4.78, 5) is 1.53. The van der Waals surface area contributed by atoms with E-state index in [-0.39, 0.29) is 18.5 Å². The van der Waals surface area contributed by atoms with Gasteiger partial charge < -0.3 is 9.64 Å². The molecule has 0 radical (unpaired) electrons. The highest BCUT2D eigenvalue weighted by molar-refractivity contribution is 4.94. The highest BCUT2D eigenvalue weighted by Crippen LogP contribution is 2.26. The van der Waals surface area contributed by atoms with E-state index < -0.39 is 12.7 Å². The van der Waals surface area contributed by atoms with Gasteiger partial charge >= 0.3 is 6.61 Å². The molecule has 2 atom stereocenters. The number of likely N-dealkylation sites (tertiary alicyclic amines) is 1. The van der Waals surface area contributed by atoms with Crippen molar-refractivity contribution in [2.24, 2.45) is 5.92 Å². The minimum Gasteiger partial charge on any atom is -0.318 e. The predicted octanol–water partition coefficient (Wildman–Crippen LogP) is 1.81. The molecule has 0 aromatic heterocycles. The number of halogens is 2. The zero-order chi connectivity index (χ0) is 10.7. The molecule has 0 aromatic rings. The Kier molecular flexibility index (Phi) is 3.64. The maximum absolute atomic E-state index is 11.9. The van der Waals surface area contributed by atoms with Crippen LogP contribution in [0.3, 0.4) is 0 Å². The molecule has 1 heterocycles. The molecule has 3 nitrogen and oxygen atoms in total. The highest BCUT2D eigenvalue weighted by Gasteiger charge is 2.35. The summed E-state index contributed by atoms with van der Waals surface area (Å²) in [6, 6.07) is 0.0312. The van der Waals surface area contributed by atoms with Gasteiger partial charge in [0, 0.05) is 6.04 Å². The van der Waals surface area contributed by atoms with E-state index in [9.17, 15) is 8.78 Å². The van der Waals surface area contributed by atoms with Crippen LogP contribution < -0.4 is 0 Å². The van der Waals surface area contributed by atoms with Crippen LogP contribution in [0.5, 0.6) is 0 Å². The fourth-order valence-corrected chi connectivity index (χ4v) is 1.82. The SMILES string of the molecule is CC(C)C1CC(OC(F)F)CN1C#N. The largest absolute Gasteiger partial charge is 0.345 e. The van der Waals surface area contributed by atoms with E-state index in [0.29, 0.717) is 6.42 Å². The zero-order valence-electron chi connectivity index (χ0n) is 8.28. The molecule has 0 N–H and O–H groups in total. The van der Waals surface area contributed by atoms with E-state index in [1.54, 1.807) is 0 Å². The summed E-state index contributed by atoms with van der Waals surface area (Å²) in [5.41, 5.74) is 0. The molecular formula is C9H14F2N2O. The van der Waals surface area contributed by atoms with Crippen LogP contribution in [0, 0.1) is 17.4 Å². The van der Waals surface area contributed by atoms with Crippen LogP contribution in [-0.4, -0.2) is 30.2 Å². The van der Waals surface area contributed by atoms with Gasteiger partial charge in [-0.2, -0.15) is 14.0 Å². The molecule has 1 aliphatic rings. The van der Waals surface area contributed by atoms with E-state index in [2.05, 4.69) is 4.74 Å². The van der Waals surface area contributed by atoms with Gasteiger partial charge in [0.15, 0.2) is 6.19 Å². The maximum atomic E-state index is 11.9. The first-order valence-electron chi connectivity index (χ1n) is 4.64. The molecule has 0 bridgehead atoms. The monoisotopic (exact) mass is 204 g/mol. The van der Waals surface area contributed by atoms with Gasteiger partial charge in [-0.3, -0.25) is 0 Å². The lowest BCUT2D eigenvalue weighted by Gasteiger charge is -2.20. The average Bonchev–Trinajstić information content (AvgIpc) is 2.46. The molecule has 0 aliphatic carbocycles. The molecular weight excluding hydrogens is 190 g/mol. The molecule has 0 amide bonds. The normalized spacial score (nSPS) is 27.4. The maximum Gasteiger partial charge on any atom is 0.345 e. The van der Waals surface area contributed by atoms with Crippen LogP contribution in [0.25, 0.3) is 0 Å². The first-order valence-corrected chi connectivity index (χ1v) is 4.64. The third kappa shape index (κ3) is 2.55. The van der Waals surface area contributed by atoms with Crippen LogP contribution in [0.1, 0.15) is 20.3 Å². The van der Waals surface area contributed by atoms with Crippen molar-refractivity contribution in [2.45, 2.75) is 39.0 Å². The molecule has 5 heteroatoms. The molecule has 0 aromatic carbocycles. The summed E-state index contributed by atoms with van der Waals surface area (Å²) < 4.78 is 28.2. The molecule has 0 spiro atoms. The Morgan fingerprint density at radius 3 is 2.50 bits per heavy atom. The third-order valence-corrected chi connectivity index (χ3v) is 2.50. The standard InChI is InChI=1S/C9H14F2N2O/c1-6(2)8-3-7(14-9(10)11)4-13(8)5-12/h6-9H,3-4H2,1-2H3. The topological polar surface area (TPSA) is 36.3 Å². The molecule has 1 fully saturated rings. The van der Waals surface area contributed by atoms with Crippen LogP contribution in [0.4, 0.5) is 8.78 Å². The number of hydrogen-bond acceptors (Lipinski definition) is 3. The fraction of sp³-hybridized carbons (Fsp3) is 0.889. The lowest BCUT2D eigenvalue weighted by Crippen LogP contribution is -2.29. The van der Waals surface area contributed by atoms with Crippen molar-refractivity contribution in [3.05, 3.63) is 0 Å². The van der Waals surface area contributed by atoms with E-state index in [0.717, 1.165) is 0 Å². The van der Waals surface area contributed by atoms with Crippen LogP contribution in [0.2, 0.25) is 0 Å². The van der Waals surface area contributed by atoms with Crippen molar-refractivity contribution in [1.29, 1.82) is 5.26 Å². The van der Waals surface area contributed by atoms with E-state index in [4.69, 9.17) is 5.26 Å². The van der Waals surface area contributed by atoms with E-state index in [1.165, 1.54) is 4.90 Å². The Morgan fingerprint density at radius 1 is 1.50 bits per heavy atom. The fourth-order valence-electron chi connectivity index (χ4n) is 1.82. The molecule has 1 saturated heterocycles. The molecule has 80 valence electrons. The Hall–Kier alpha value is -0.890. The summed E-state index contributed by atoms with van der Waals surface area (Å²) in [6.45, 7) is 1.48. The van der Waals surface area contributed by atoms with E-state index in [1.807, 2.05) is 20.0 Å². The molecule has 14 heavy (non-hydrogen) atoms. The number of nitriles is 1. The highest BCUT2D eigenvalue weighted by atomic mass is 19.3. The van der Waals surface area contributed by atoms with Crippen molar-refractivity contribution in [3.8, 4) is 6.19 Å². The second-order valence-electron chi connectivity index (χ2n) is 3.82. The van der Waals surface area contributed by atoms with Gasteiger partial charge in [-0.05, 0) is 12.3 Å². The van der Waals surface area contributed by atoms with Gasteiger partial charge in [-0.25, -0.2) is 0 Å². The number of nitrogens with zero attached hydrogens (tertiary/aromatic N) is 2. The summed E-state index contributed by atoms with van der Waals surface area (Å²) >= 11 is 0. The first kappa shape index (κ1) is 11.2. The average molecular weight is 204 g/mol. The number of alkyl halides is 2. The minimum atomic E-state index is -2.74. The van der Waals surface area contributed by atoms with Crippen LogP contribution in [-0.2, 0) is 4.74 Å². The molecule has 1 aliphatic heterocycles. The molecule has 1 rings (SSSR count). The summed E-state index contributed by atoms with van der Waals surface area (Å²) in [7, 11) is 0. The smallest absolute Gasteiger partial charge is 0.318 e. The van der Waals surface area contributed by atoms with Crippen molar-refractivity contribution in [3.63, 3.8) is 0 Å². The van der Waals surface area contributed by atoms with Crippen molar-refractivity contribution in [2.75, 3.05) is 6.54 Å². The summed E-state index contributed by atoms with van der Waals surface area (Å²) in [5.74, 6) is 0.279. The van der Waals surface area contributed by atoms with E-state index >= 15 is 0 Å². The Morgan fingerprint density at radius 2 is 2.14 bits per heavy atom. The van der Waals surface area contributed by atoms with Crippen molar-refractivity contribution >= 4 is 0 Å². The minimum absolute atomic E-state index is 0.0312. The third-order valence-electron chi connectivity index (χ3n) is 2.50. The lowest BCUT2D eigenvalue weighted by atomic mass is 10.0. The number of rotatable bonds is 3. The van der Waals surface area contributed by atoms with Gasteiger partial charge in [0.05, 0.1) is 12.6 Å². The van der Waals surface area contributed by atoms with Gasteiger partial charge in [0.2, 0.25) is 0 Å². The Balaban J connectivity index is 2.53. The lowest BCUT2D eigenvalue weighted by molar-refractivity contribution is -0.158. The number of hydrogen-bond donors (Lipinski definition) is 0. The molecule has 0 saturated carbocycles. The van der Waals surface area contributed by atoms with Gasteiger partial charge in [-0.15, -0.1) is 0 Å². The molecule has 2 unspecified atom stereocenters. The van der Waals surface area contributed by atoms with Gasteiger partial charge in [-0.1, -0.05) is 13.8 Å². The summed E-state index contributed by atoms with van der Waals surface area (Å²) in [5, 5.41) is 8.77.